The van der Waals surface area contributed by atoms with E-state index in [4.69, 9.17) is 0 Å². The zero-order chi connectivity index (χ0) is 13.8. The maximum Gasteiger partial charge on any atom is 0.319 e. The molecule has 1 N–H and O–H groups in total. The van der Waals surface area contributed by atoms with Crippen LogP contribution in [0.25, 0.3) is 0 Å². The van der Waals surface area contributed by atoms with Crippen molar-refractivity contribution < 1.29 is 4.79 Å². The van der Waals surface area contributed by atoms with Crippen molar-refractivity contribution in [2.75, 3.05) is 32.5 Å². The number of anilines is 1. The Balaban J connectivity index is 1.83. The fraction of sp³-hybridized carbons (Fsp3) is 0.533. The van der Waals surface area contributed by atoms with Gasteiger partial charge in [-0.05, 0) is 31.9 Å². The SMILES string of the molecule is Cc1ccc(NC2CCN(C(=O)N(C)C)CC2)cc1. The quantitative estimate of drug-likeness (QED) is 0.888. The first-order valence-corrected chi connectivity index (χ1v) is 6.85. The highest BCUT2D eigenvalue weighted by atomic mass is 16.2. The van der Waals surface area contributed by atoms with E-state index in [-0.39, 0.29) is 6.03 Å². The fourth-order valence-electron chi connectivity index (χ4n) is 2.38. The molecule has 0 atom stereocenters. The zero-order valence-corrected chi connectivity index (χ0v) is 12.0. The number of aryl methyl sites for hydroxylation is 1. The van der Waals surface area contributed by atoms with Gasteiger partial charge in [0.05, 0.1) is 0 Å². The fourth-order valence-corrected chi connectivity index (χ4v) is 2.38. The third kappa shape index (κ3) is 3.63. The number of carbonyl (C=O) groups excluding carboxylic acids is 1. The first kappa shape index (κ1) is 13.7. The second kappa shape index (κ2) is 5.95. The summed E-state index contributed by atoms with van der Waals surface area (Å²) in [6.45, 7) is 3.76. The molecule has 4 nitrogen and oxygen atoms in total. The van der Waals surface area contributed by atoms with Crippen LogP contribution in [0.3, 0.4) is 0 Å². The summed E-state index contributed by atoms with van der Waals surface area (Å²) in [5.74, 6) is 0. The summed E-state index contributed by atoms with van der Waals surface area (Å²) in [4.78, 5) is 15.4. The van der Waals surface area contributed by atoms with Gasteiger partial charge in [0.25, 0.3) is 0 Å². The summed E-state index contributed by atoms with van der Waals surface area (Å²) in [5, 5.41) is 3.55. The van der Waals surface area contributed by atoms with E-state index in [2.05, 4.69) is 36.5 Å². The van der Waals surface area contributed by atoms with Gasteiger partial charge in [-0.2, -0.15) is 0 Å². The number of rotatable bonds is 2. The van der Waals surface area contributed by atoms with E-state index in [0.29, 0.717) is 6.04 Å². The molecule has 0 saturated carbocycles. The molecule has 1 heterocycles. The standard InChI is InChI=1S/C15H23N3O/c1-12-4-6-13(7-5-12)16-14-8-10-18(11-9-14)15(19)17(2)3/h4-7,14,16H,8-11H2,1-3H3. The second-order valence-corrected chi connectivity index (χ2v) is 5.45. The summed E-state index contributed by atoms with van der Waals surface area (Å²) in [5.41, 5.74) is 2.44. The molecule has 2 rings (SSSR count). The van der Waals surface area contributed by atoms with E-state index >= 15 is 0 Å². The minimum absolute atomic E-state index is 0.119. The number of nitrogens with zero attached hydrogens (tertiary/aromatic N) is 2. The highest BCUT2D eigenvalue weighted by Crippen LogP contribution is 2.17. The molecule has 0 bridgehead atoms. The number of nitrogens with one attached hydrogen (secondary N) is 1. The van der Waals surface area contributed by atoms with Crippen LogP contribution in [0.1, 0.15) is 18.4 Å². The van der Waals surface area contributed by atoms with Crippen LogP contribution in [-0.4, -0.2) is 49.1 Å². The molecular weight excluding hydrogens is 238 g/mol. The van der Waals surface area contributed by atoms with E-state index in [1.165, 1.54) is 11.3 Å². The average Bonchev–Trinajstić information content (AvgIpc) is 2.41. The van der Waals surface area contributed by atoms with E-state index < -0.39 is 0 Å². The summed E-state index contributed by atoms with van der Waals surface area (Å²) < 4.78 is 0. The highest BCUT2D eigenvalue weighted by molar-refractivity contribution is 5.73. The molecule has 1 saturated heterocycles. The van der Waals surface area contributed by atoms with Crippen LogP contribution in [0.15, 0.2) is 24.3 Å². The maximum absolute atomic E-state index is 11.8. The van der Waals surface area contributed by atoms with Gasteiger partial charge in [0.15, 0.2) is 0 Å². The van der Waals surface area contributed by atoms with E-state index in [1.807, 2.05) is 4.90 Å². The van der Waals surface area contributed by atoms with Gasteiger partial charge in [-0.15, -0.1) is 0 Å². The van der Waals surface area contributed by atoms with E-state index in [9.17, 15) is 4.79 Å². The highest BCUT2D eigenvalue weighted by Gasteiger charge is 2.23. The van der Waals surface area contributed by atoms with Crippen LogP contribution < -0.4 is 5.32 Å². The molecule has 1 fully saturated rings. The molecule has 1 aromatic carbocycles. The van der Waals surface area contributed by atoms with Crippen LogP contribution in [0.2, 0.25) is 0 Å². The Kier molecular flexibility index (Phi) is 4.30. The third-order valence-corrected chi connectivity index (χ3v) is 3.57. The van der Waals surface area contributed by atoms with Crippen molar-refractivity contribution >= 4 is 11.7 Å². The predicted octanol–water partition coefficient (Wildman–Crippen LogP) is 2.55. The smallest absolute Gasteiger partial charge is 0.319 e. The lowest BCUT2D eigenvalue weighted by molar-refractivity contribution is 0.158. The van der Waals surface area contributed by atoms with Gasteiger partial charge in [-0.1, -0.05) is 17.7 Å². The van der Waals surface area contributed by atoms with Gasteiger partial charge in [0.2, 0.25) is 0 Å². The number of hydrogen-bond donors (Lipinski definition) is 1. The van der Waals surface area contributed by atoms with Gasteiger partial charge in [0.1, 0.15) is 0 Å². The molecule has 4 heteroatoms. The minimum Gasteiger partial charge on any atom is -0.382 e. The van der Waals surface area contributed by atoms with Crippen LogP contribution in [-0.2, 0) is 0 Å². The molecule has 0 aliphatic carbocycles. The van der Waals surface area contributed by atoms with E-state index in [1.54, 1.807) is 19.0 Å². The minimum atomic E-state index is 0.119. The third-order valence-electron chi connectivity index (χ3n) is 3.57. The van der Waals surface area contributed by atoms with Gasteiger partial charge in [-0.25, -0.2) is 4.79 Å². The molecule has 1 aliphatic rings. The Morgan fingerprint density at radius 3 is 2.32 bits per heavy atom. The first-order chi connectivity index (χ1) is 9.06. The molecule has 1 aromatic rings. The molecule has 1 aliphatic heterocycles. The maximum atomic E-state index is 11.8. The van der Waals surface area contributed by atoms with Crippen LogP contribution in [0.4, 0.5) is 10.5 Å². The Bertz CT molecular complexity index is 420. The van der Waals surface area contributed by atoms with Crippen molar-refractivity contribution in [1.29, 1.82) is 0 Å². The first-order valence-electron chi connectivity index (χ1n) is 6.85. The van der Waals surface area contributed by atoms with Crippen molar-refractivity contribution in [3.8, 4) is 0 Å². The second-order valence-electron chi connectivity index (χ2n) is 5.45. The monoisotopic (exact) mass is 261 g/mol. The normalized spacial score (nSPS) is 16.3. The van der Waals surface area contributed by atoms with Crippen molar-refractivity contribution in [1.82, 2.24) is 9.80 Å². The van der Waals surface area contributed by atoms with Gasteiger partial charge in [0, 0.05) is 38.9 Å². The van der Waals surface area contributed by atoms with Gasteiger partial charge >= 0.3 is 6.03 Å². The van der Waals surface area contributed by atoms with Gasteiger partial charge in [-0.3, -0.25) is 0 Å². The van der Waals surface area contributed by atoms with Crippen molar-refractivity contribution in [3.63, 3.8) is 0 Å². The summed E-state index contributed by atoms with van der Waals surface area (Å²) in [6.07, 6.45) is 2.01. The Hall–Kier alpha value is -1.71. The number of amides is 2. The van der Waals surface area contributed by atoms with E-state index in [0.717, 1.165) is 25.9 Å². The van der Waals surface area contributed by atoms with Crippen molar-refractivity contribution in [2.45, 2.75) is 25.8 Å². The Morgan fingerprint density at radius 1 is 1.21 bits per heavy atom. The molecular formula is C15H23N3O. The number of hydrogen-bond acceptors (Lipinski definition) is 2. The molecule has 0 aromatic heterocycles. The molecule has 0 spiro atoms. The molecule has 2 amide bonds. The molecule has 104 valence electrons. The number of piperidine rings is 1. The molecule has 0 unspecified atom stereocenters. The topological polar surface area (TPSA) is 35.6 Å². The molecule has 19 heavy (non-hydrogen) atoms. The lowest BCUT2D eigenvalue weighted by Crippen LogP contribution is -2.46. The van der Waals surface area contributed by atoms with Crippen molar-refractivity contribution in [3.05, 3.63) is 29.8 Å². The van der Waals surface area contributed by atoms with Crippen LogP contribution >= 0.6 is 0 Å². The Labute approximate surface area is 115 Å². The summed E-state index contributed by atoms with van der Waals surface area (Å²) in [7, 11) is 3.61. The lowest BCUT2D eigenvalue weighted by Gasteiger charge is -2.34. The average molecular weight is 261 g/mol. The predicted molar refractivity (Wildman–Crippen MR) is 78.5 cm³/mol. The van der Waals surface area contributed by atoms with Gasteiger partial charge < -0.3 is 15.1 Å². The largest absolute Gasteiger partial charge is 0.382 e. The number of urea groups is 1. The number of benzene rings is 1. The zero-order valence-electron chi connectivity index (χ0n) is 12.0. The van der Waals surface area contributed by atoms with Crippen LogP contribution in [0, 0.1) is 6.92 Å². The number of likely N-dealkylation sites (tertiary alicyclic amines) is 1. The number of carbonyl (C=O) groups is 1. The van der Waals surface area contributed by atoms with Crippen molar-refractivity contribution in [2.24, 2.45) is 0 Å². The molecule has 0 radical (unpaired) electrons. The summed E-state index contributed by atoms with van der Waals surface area (Å²) in [6, 6.07) is 9.06. The lowest BCUT2D eigenvalue weighted by atomic mass is 10.0. The van der Waals surface area contributed by atoms with Crippen LogP contribution in [0.5, 0.6) is 0 Å². The Morgan fingerprint density at radius 2 is 1.79 bits per heavy atom. The summed E-state index contributed by atoms with van der Waals surface area (Å²) >= 11 is 0.